The highest BCUT2D eigenvalue weighted by atomic mass is 16.4. The Bertz CT molecular complexity index is 603. The summed E-state index contributed by atoms with van der Waals surface area (Å²) in [7, 11) is 2.02. The molecule has 0 radical (unpaired) electrons. The van der Waals surface area contributed by atoms with Crippen molar-refractivity contribution in [1.82, 2.24) is 9.88 Å². The number of nitrogens with zero attached hydrogens (tertiary/aromatic N) is 1. The zero-order valence-corrected chi connectivity index (χ0v) is 10.3. The number of carbonyl (C=O) groups is 1. The molecule has 2 unspecified atom stereocenters. The third-order valence-electron chi connectivity index (χ3n) is 3.79. The molecular formula is C14H16N2O2. The molecule has 2 heterocycles. The van der Waals surface area contributed by atoms with E-state index in [9.17, 15) is 4.79 Å². The lowest BCUT2D eigenvalue weighted by atomic mass is 9.99. The normalized spacial score (nSPS) is 23.6. The molecule has 1 aliphatic rings. The highest BCUT2D eigenvalue weighted by molar-refractivity contribution is 5.81. The summed E-state index contributed by atoms with van der Waals surface area (Å²) >= 11 is 0. The van der Waals surface area contributed by atoms with Crippen LogP contribution in [0.3, 0.4) is 0 Å². The van der Waals surface area contributed by atoms with Gasteiger partial charge in [-0.05, 0) is 35.6 Å². The highest BCUT2D eigenvalue weighted by Crippen LogP contribution is 2.29. The maximum Gasteiger partial charge on any atom is 0.307 e. The summed E-state index contributed by atoms with van der Waals surface area (Å²) in [6.45, 7) is 0.562. The van der Waals surface area contributed by atoms with Crippen molar-refractivity contribution in [2.75, 3.05) is 6.54 Å². The van der Waals surface area contributed by atoms with Gasteiger partial charge in [0, 0.05) is 31.3 Å². The lowest BCUT2D eigenvalue weighted by Gasteiger charge is -2.11. The number of hydrogen-bond donors (Lipinski definition) is 2. The van der Waals surface area contributed by atoms with Crippen LogP contribution in [0.25, 0.3) is 10.9 Å². The molecule has 1 aromatic carbocycles. The summed E-state index contributed by atoms with van der Waals surface area (Å²) in [5, 5.41) is 13.5. The molecule has 1 aromatic heterocycles. The molecule has 18 heavy (non-hydrogen) atoms. The van der Waals surface area contributed by atoms with E-state index in [4.69, 9.17) is 5.11 Å². The SMILES string of the molecule is Cn1ccc2cc(C3CC(C(=O)O)CN3)ccc21. The van der Waals surface area contributed by atoms with Gasteiger partial charge in [0.1, 0.15) is 0 Å². The van der Waals surface area contributed by atoms with Crippen LogP contribution in [0.5, 0.6) is 0 Å². The first-order valence-electron chi connectivity index (χ1n) is 6.16. The van der Waals surface area contributed by atoms with Crippen LogP contribution in [0.1, 0.15) is 18.0 Å². The van der Waals surface area contributed by atoms with Gasteiger partial charge in [-0.3, -0.25) is 4.79 Å². The molecule has 1 aliphatic heterocycles. The van der Waals surface area contributed by atoms with Gasteiger partial charge in [-0.15, -0.1) is 0 Å². The standard InChI is InChI=1S/C14H16N2O2/c1-16-5-4-10-6-9(2-3-13(10)16)12-7-11(8-15-12)14(17)18/h2-6,11-12,15H,7-8H2,1H3,(H,17,18). The third kappa shape index (κ3) is 1.78. The Hall–Kier alpha value is -1.81. The van der Waals surface area contributed by atoms with Crippen molar-refractivity contribution in [2.45, 2.75) is 12.5 Å². The molecule has 0 aliphatic carbocycles. The van der Waals surface area contributed by atoms with E-state index in [-0.39, 0.29) is 12.0 Å². The first-order chi connectivity index (χ1) is 8.65. The summed E-state index contributed by atoms with van der Waals surface area (Å²) in [5.74, 6) is -0.966. The Labute approximate surface area is 105 Å². The quantitative estimate of drug-likeness (QED) is 0.848. The number of rotatable bonds is 2. The molecule has 0 bridgehead atoms. The van der Waals surface area contributed by atoms with E-state index in [0.717, 1.165) is 0 Å². The topological polar surface area (TPSA) is 54.3 Å². The van der Waals surface area contributed by atoms with Crippen molar-refractivity contribution in [2.24, 2.45) is 13.0 Å². The van der Waals surface area contributed by atoms with Crippen LogP contribution in [-0.2, 0) is 11.8 Å². The van der Waals surface area contributed by atoms with Gasteiger partial charge in [-0.2, -0.15) is 0 Å². The first kappa shape index (κ1) is 11.3. The van der Waals surface area contributed by atoms with E-state index in [1.54, 1.807) is 0 Å². The van der Waals surface area contributed by atoms with Crippen molar-refractivity contribution in [1.29, 1.82) is 0 Å². The van der Waals surface area contributed by atoms with E-state index >= 15 is 0 Å². The van der Waals surface area contributed by atoms with Crippen LogP contribution in [0.2, 0.25) is 0 Å². The molecule has 3 rings (SSSR count). The molecule has 4 nitrogen and oxygen atoms in total. The number of benzene rings is 1. The van der Waals surface area contributed by atoms with Crippen LogP contribution in [0.4, 0.5) is 0 Å². The fourth-order valence-electron chi connectivity index (χ4n) is 2.69. The third-order valence-corrected chi connectivity index (χ3v) is 3.79. The molecule has 0 saturated carbocycles. The summed E-state index contributed by atoms with van der Waals surface area (Å²) in [5.41, 5.74) is 2.38. The average molecular weight is 244 g/mol. The Balaban J connectivity index is 1.89. The van der Waals surface area contributed by atoms with Crippen molar-refractivity contribution < 1.29 is 9.90 Å². The van der Waals surface area contributed by atoms with Crippen molar-refractivity contribution in [3.8, 4) is 0 Å². The maximum atomic E-state index is 11.0. The molecule has 2 N–H and O–H groups in total. The van der Waals surface area contributed by atoms with E-state index in [1.165, 1.54) is 16.5 Å². The Morgan fingerprint density at radius 1 is 1.44 bits per heavy atom. The molecule has 2 atom stereocenters. The summed E-state index contributed by atoms with van der Waals surface area (Å²) in [4.78, 5) is 11.0. The zero-order valence-electron chi connectivity index (χ0n) is 10.3. The van der Waals surface area contributed by atoms with E-state index in [0.29, 0.717) is 13.0 Å². The fourth-order valence-corrected chi connectivity index (χ4v) is 2.69. The van der Waals surface area contributed by atoms with Gasteiger partial charge >= 0.3 is 5.97 Å². The van der Waals surface area contributed by atoms with Gasteiger partial charge in [-0.25, -0.2) is 0 Å². The summed E-state index contributed by atoms with van der Waals surface area (Å²) in [6.07, 6.45) is 2.71. The van der Waals surface area contributed by atoms with Gasteiger partial charge in [0.2, 0.25) is 0 Å². The summed E-state index contributed by atoms with van der Waals surface area (Å²) in [6, 6.07) is 8.58. The number of aliphatic carboxylic acids is 1. The van der Waals surface area contributed by atoms with Gasteiger partial charge in [0.15, 0.2) is 0 Å². The number of carboxylic acids is 1. The minimum absolute atomic E-state index is 0.163. The van der Waals surface area contributed by atoms with Crippen LogP contribution < -0.4 is 5.32 Å². The van der Waals surface area contributed by atoms with Crippen LogP contribution in [0.15, 0.2) is 30.5 Å². The Morgan fingerprint density at radius 2 is 2.28 bits per heavy atom. The second-order valence-corrected chi connectivity index (χ2v) is 4.98. The smallest absolute Gasteiger partial charge is 0.307 e. The van der Waals surface area contributed by atoms with Gasteiger partial charge in [-0.1, -0.05) is 6.07 Å². The molecule has 1 fully saturated rings. The van der Waals surface area contributed by atoms with Gasteiger partial charge in [0.05, 0.1) is 5.92 Å². The minimum Gasteiger partial charge on any atom is -0.481 e. The highest BCUT2D eigenvalue weighted by Gasteiger charge is 2.30. The number of aryl methyl sites for hydroxylation is 1. The van der Waals surface area contributed by atoms with E-state index in [2.05, 4.69) is 34.1 Å². The number of fused-ring (bicyclic) bond motifs is 1. The van der Waals surface area contributed by atoms with E-state index < -0.39 is 5.97 Å². The van der Waals surface area contributed by atoms with Crippen LogP contribution in [0, 0.1) is 5.92 Å². The predicted molar refractivity (Wildman–Crippen MR) is 69.4 cm³/mol. The maximum absolute atomic E-state index is 11.0. The Morgan fingerprint density at radius 3 is 3.00 bits per heavy atom. The van der Waals surface area contributed by atoms with Crippen molar-refractivity contribution in [3.63, 3.8) is 0 Å². The van der Waals surface area contributed by atoms with Gasteiger partial charge < -0.3 is 15.0 Å². The fraction of sp³-hybridized carbons (Fsp3) is 0.357. The van der Waals surface area contributed by atoms with Gasteiger partial charge in [0.25, 0.3) is 0 Å². The predicted octanol–water partition coefficient (Wildman–Crippen LogP) is 1.91. The monoisotopic (exact) mass is 244 g/mol. The second kappa shape index (κ2) is 4.14. The Kier molecular flexibility index (Phi) is 2.59. The number of hydrogen-bond acceptors (Lipinski definition) is 2. The molecule has 94 valence electrons. The lowest BCUT2D eigenvalue weighted by molar-refractivity contribution is -0.141. The molecule has 0 spiro atoms. The van der Waals surface area contributed by atoms with Crippen molar-refractivity contribution in [3.05, 3.63) is 36.0 Å². The molecule has 1 saturated heterocycles. The summed E-state index contributed by atoms with van der Waals surface area (Å²) < 4.78 is 2.08. The number of carboxylic acid groups (broad SMARTS) is 1. The molecular weight excluding hydrogens is 228 g/mol. The first-order valence-corrected chi connectivity index (χ1v) is 6.16. The molecule has 0 amide bonds. The zero-order chi connectivity index (χ0) is 12.7. The second-order valence-electron chi connectivity index (χ2n) is 4.98. The van der Waals surface area contributed by atoms with Crippen LogP contribution >= 0.6 is 0 Å². The number of aromatic nitrogens is 1. The number of nitrogens with one attached hydrogen (secondary N) is 1. The lowest BCUT2D eigenvalue weighted by Crippen LogP contribution is -2.17. The molecule has 2 aromatic rings. The molecule has 4 heteroatoms. The largest absolute Gasteiger partial charge is 0.481 e. The van der Waals surface area contributed by atoms with Crippen molar-refractivity contribution >= 4 is 16.9 Å². The minimum atomic E-state index is -0.703. The van der Waals surface area contributed by atoms with Crippen LogP contribution in [-0.4, -0.2) is 22.2 Å². The van der Waals surface area contributed by atoms with E-state index in [1.807, 2.05) is 13.2 Å². The average Bonchev–Trinajstić information content (AvgIpc) is 2.96.